The lowest BCUT2D eigenvalue weighted by molar-refractivity contribution is 0.448. The molecule has 72 valence electrons. The van der Waals surface area contributed by atoms with Crippen LogP contribution in [0.2, 0.25) is 5.02 Å². The largest absolute Gasteiger partial charge is 0.492 e. The first-order chi connectivity index (χ1) is 6.66. The zero-order valence-electron chi connectivity index (χ0n) is 6.98. The molecule has 3 nitrogen and oxygen atoms in total. The SMILES string of the molecule is Oc1ccn(-c2ccc(F)c(Cl)c2)n1. The van der Waals surface area contributed by atoms with E-state index < -0.39 is 5.82 Å². The van der Waals surface area contributed by atoms with Gasteiger partial charge < -0.3 is 5.11 Å². The molecule has 0 unspecified atom stereocenters. The third-order valence-corrected chi connectivity index (χ3v) is 2.03. The van der Waals surface area contributed by atoms with E-state index in [2.05, 4.69) is 5.10 Å². The van der Waals surface area contributed by atoms with Crippen LogP contribution in [0.5, 0.6) is 5.88 Å². The molecule has 2 aromatic rings. The Morgan fingerprint density at radius 3 is 2.71 bits per heavy atom. The highest BCUT2D eigenvalue weighted by Crippen LogP contribution is 2.19. The van der Waals surface area contributed by atoms with Crippen molar-refractivity contribution in [1.29, 1.82) is 0 Å². The van der Waals surface area contributed by atoms with Gasteiger partial charge in [0.2, 0.25) is 5.88 Å². The molecule has 2 rings (SSSR count). The van der Waals surface area contributed by atoms with Gasteiger partial charge in [-0.2, -0.15) is 0 Å². The molecule has 0 radical (unpaired) electrons. The van der Waals surface area contributed by atoms with Gasteiger partial charge in [-0.1, -0.05) is 11.6 Å². The van der Waals surface area contributed by atoms with Gasteiger partial charge in [0.1, 0.15) is 5.82 Å². The molecule has 0 saturated heterocycles. The summed E-state index contributed by atoms with van der Waals surface area (Å²) < 4.78 is 14.2. The number of aromatic nitrogens is 2. The fraction of sp³-hybridized carbons (Fsp3) is 0. The minimum atomic E-state index is -0.480. The lowest BCUT2D eigenvalue weighted by atomic mass is 10.3. The number of hydrogen-bond acceptors (Lipinski definition) is 2. The molecular weight excluding hydrogens is 207 g/mol. The first-order valence-electron chi connectivity index (χ1n) is 3.87. The second kappa shape index (κ2) is 3.31. The average molecular weight is 213 g/mol. The first kappa shape index (κ1) is 9.02. The van der Waals surface area contributed by atoms with Crippen LogP contribution in [0.25, 0.3) is 5.69 Å². The molecule has 1 aromatic carbocycles. The Labute approximate surface area is 84.4 Å². The number of rotatable bonds is 1. The second-order valence-electron chi connectivity index (χ2n) is 2.72. The van der Waals surface area contributed by atoms with Crippen LogP contribution < -0.4 is 0 Å². The highest BCUT2D eigenvalue weighted by atomic mass is 35.5. The maximum atomic E-state index is 12.8. The van der Waals surface area contributed by atoms with Gasteiger partial charge in [0.15, 0.2) is 0 Å². The van der Waals surface area contributed by atoms with Crippen LogP contribution in [0.15, 0.2) is 30.5 Å². The Morgan fingerprint density at radius 2 is 2.14 bits per heavy atom. The summed E-state index contributed by atoms with van der Waals surface area (Å²) in [5, 5.41) is 12.8. The van der Waals surface area contributed by atoms with E-state index in [1.54, 1.807) is 6.20 Å². The summed E-state index contributed by atoms with van der Waals surface area (Å²) in [6, 6.07) is 5.63. The van der Waals surface area contributed by atoms with Gasteiger partial charge in [-0.3, -0.25) is 0 Å². The standard InChI is InChI=1S/C9H6ClFN2O/c10-7-5-6(1-2-8(7)11)13-4-3-9(14)12-13/h1-5H,(H,12,14). The van der Waals surface area contributed by atoms with Crippen molar-refractivity contribution < 1.29 is 9.50 Å². The minimum absolute atomic E-state index is 0.0255. The van der Waals surface area contributed by atoms with E-state index in [1.807, 2.05) is 0 Å². The van der Waals surface area contributed by atoms with Crippen LogP contribution in [-0.2, 0) is 0 Å². The molecule has 0 fully saturated rings. The molecule has 1 aromatic heterocycles. The summed E-state index contributed by atoms with van der Waals surface area (Å²) in [4.78, 5) is 0. The maximum Gasteiger partial charge on any atom is 0.230 e. The second-order valence-corrected chi connectivity index (χ2v) is 3.12. The lowest BCUT2D eigenvalue weighted by Gasteiger charge is -2.01. The molecular formula is C9H6ClFN2O. The van der Waals surface area contributed by atoms with E-state index >= 15 is 0 Å². The van der Waals surface area contributed by atoms with Crippen LogP contribution in [-0.4, -0.2) is 14.9 Å². The van der Waals surface area contributed by atoms with Crippen LogP contribution in [0.1, 0.15) is 0 Å². The van der Waals surface area contributed by atoms with Crippen molar-refractivity contribution in [1.82, 2.24) is 9.78 Å². The fourth-order valence-electron chi connectivity index (χ4n) is 1.09. The van der Waals surface area contributed by atoms with Gasteiger partial charge in [-0.05, 0) is 18.2 Å². The van der Waals surface area contributed by atoms with Crippen molar-refractivity contribution in [2.45, 2.75) is 0 Å². The van der Waals surface area contributed by atoms with Crippen molar-refractivity contribution in [3.8, 4) is 11.6 Å². The van der Waals surface area contributed by atoms with Crippen molar-refractivity contribution in [3.63, 3.8) is 0 Å². The summed E-state index contributed by atoms with van der Waals surface area (Å²) in [7, 11) is 0. The summed E-state index contributed by atoms with van der Waals surface area (Å²) in [5.74, 6) is -0.572. The summed E-state index contributed by atoms with van der Waals surface area (Å²) in [6.45, 7) is 0. The van der Waals surface area contributed by atoms with Gasteiger partial charge in [0, 0.05) is 12.3 Å². The Kier molecular flexibility index (Phi) is 2.13. The molecule has 0 spiro atoms. The molecule has 0 aliphatic rings. The van der Waals surface area contributed by atoms with Gasteiger partial charge in [0.25, 0.3) is 0 Å². The van der Waals surface area contributed by atoms with Crippen LogP contribution >= 0.6 is 11.6 Å². The lowest BCUT2D eigenvalue weighted by Crippen LogP contribution is -1.94. The van der Waals surface area contributed by atoms with Gasteiger partial charge >= 0.3 is 0 Å². The summed E-state index contributed by atoms with van der Waals surface area (Å²) >= 11 is 5.59. The van der Waals surface area contributed by atoms with E-state index in [1.165, 1.54) is 28.9 Å². The number of nitrogens with zero attached hydrogens (tertiary/aromatic N) is 2. The van der Waals surface area contributed by atoms with Crippen LogP contribution in [0.4, 0.5) is 4.39 Å². The highest BCUT2D eigenvalue weighted by Gasteiger charge is 2.03. The molecule has 0 atom stereocenters. The molecule has 0 amide bonds. The van der Waals surface area contributed by atoms with E-state index in [0.717, 1.165) is 0 Å². The Bertz CT molecular complexity index is 470. The van der Waals surface area contributed by atoms with Crippen molar-refractivity contribution in [2.75, 3.05) is 0 Å². The molecule has 5 heteroatoms. The number of halogens is 2. The Hall–Kier alpha value is -1.55. The first-order valence-corrected chi connectivity index (χ1v) is 4.24. The monoisotopic (exact) mass is 212 g/mol. The van der Waals surface area contributed by atoms with Crippen LogP contribution in [0, 0.1) is 5.82 Å². The molecule has 0 aliphatic carbocycles. The highest BCUT2D eigenvalue weighted by molar-refractivity contribution is 6.30. The average Bonchev–Trinajstić information content (AvgIpc) is 2.57. The number of aromatic hydroxyl groups is 1. The van der Waals surface area contributed by atoms with E-state index in [-0.39, 0.29) is 10.9 Å². The number of benzene rings is 1. The van der Waals surface area contributed by atoms with Gasteiger partial charge in [-0.15, -0.1) is 5.10 Å². The normalized spacial score (nSPS) is 10.4. The van der Waals surface area contributed by atoms with E-state index in [0.29, 0.717) is 5.69 Å². The quantitative estimate of drug-likeness (QED) is 0.788. The van der Waals surface area contributed by atoms with E-state index in [4.69, 9.17) is 16.7 Å². The maximum absolute atomic E-state index is 12.8. The van der Waals surface area contributed by atoms with Crippen molar-refractivity contribution in [2.24, 2.45) is 0 Å². The zero-order chi connectivity index (χ0) is 10.1. The molecule has 1 heterocycles. The van der Waals surface area contributed by atoms with Crippen LogP contribution in [0.3, 0.4) is 0 Å². The van der Waals surface area contributed by atoms with Gasteiger partial charge in [-0.25, -0.2) is 9.07 Å². The fourth-order valence-corrected chi connectivity index (χ4v) is 1.26. The predicted molar refractivity (Wildman–Crippen MR) is 50.2 cm³/mol. The zero-order valence-corrected chi connectivity index (χ0v) is 7.74. The topological polar surface area (TPSA) is 38.0 Å². The van der Waals surface area contributed by atoms with E-state index in [9.17, 15) is 4.39 Å². The smallest absolute Gasteiger partial charge is 0.230 e. The Morgan fingerprint density at radius 1 is 1.36 bits per heavy atom. The molecule has 0 aliphatic heterocycles. The third kappa shape index (κ3) is 1.56. The molecule has 1 N–H and O–H groups in total. The molecule has 0 saturated carbocycles. The van der Waals surface area contributed by atoms with Crippen molar-refractivity contribution in [3.05, 3.63) is 41.3 Å². The molecule has 14 heavy (non-hydrogen) atoms. The minimum Gasteiger partial charge on any atom is -0.492 e. The summed E-state index contributed by atoms with van der Waals surface area (Å²) in [6.07, 6.45) is 1.55. The van der Waals surface area contributed by atoms with Crippen molar-refractivity contribution >= 4 is 11.6 Å². The van der Waals surface area contributed by atoms with Gasteiger partial charge in [0.05, 0.1) is 10.7 Å². The Balaban J connectivity index is 2.47. The summed E-state index contributed by atoms with van der Waals surface area (Å²) in [5.41, 5.74) is 0.594. The third-order valence-electron chi connectivity index (χ3n) is 1.74. The predicted octanol–water partition coefficient (Wildman–Crippen LogP) is 2.37. The number of hydrogen-bond donors (Lipinski definition) is 1. The molecule has 0 bridgehead atoms.